The average molecular weight is 263 g/mol. The van der Waals surface area contributed by atoms with Crippen molar-refractivity contribution in [2.75, 3.05) is 0 Å². The summed E-state index contributed by atoms with van der Waals surface area (Å²) < 4.78 is 26.8. The summed E-state index contributed by atoms with van der Waals surface area (Å²) in [5.74, 6) is -1.62. The normalized spacial score (nSPS) is 13.2. The first-order chi connectivity index (χ1) is 9.01. The molecule has 0 aliphatic heterocycles. The Morgan fingerprint density at radius 3 is 2.32 bits per heavy atom. The van der Waals surface area contributed by atoms with Crippen molar-refractivity contribution in [3.8, 4) is 0 Å². The zero-order valence-electron chi connectivity index (χ0n) is 10.6. The Bertz CT molecular complexity index is 517. The largest absolute Gasteiger partial charge is 0.352 e. The molecule has 0 fully saturated rings. The van der Waals surface area contributed by atoms with Crippen molar-refractivity contribution >= 4 is 12.0 Å². The summed E-state index contributed by atoms with van der Waals surface area (Å²) in [6.45, 7) is 8.19. The number of nitrogens with one attached hydrogen (secondary N) is 1. The molecule has 0 bridgehead atoms. The van der Waals surface area contributed by atoms with E-state index in [1.807, 2.05) is 0 Å². The number of benzene rings is 1. The van der Waals surface area contributed by atoms with Gasteiger partial charge in [0.2, 0.25) is 6.41 Å². The molecule has 100 valence electrons. The fraction of sp³-hybridized carbons (Fsp3) is 0.133. The van der Waals surface area contributed by atoms with Gasteiger partial charge in [-0.2, -0.15) is 0 Å². The molecule has 19 heavy (non-hydrogen) atoms. The maximum Gasteiger partial charge on any atom is 0.207 e. The predicted octanol–water partition coefficient (Wildman–Crippen LogP) is 3.84. The maximum absolute atomic E-state index is 13.5. The summed E-state index contributed by atoms with van der Waals surface area (Å²) in [6, 6.07) is 6.35. The van der Waals surface area contributed by atoms with Crippen molar-refractivity contribution < 1.29 is 13.6 Å². The number of halogens is 2. The van der Waals surface area contributed by atoms with Crippen molar-refractivity contribution in [2.24, 2.45) is 0 Å². The van der Waals surface area contributed by atoms with Crippen LogP contribution >= 0.6 is 0 Å². The van der Waals surface area contributed by atoms with Gasteiger partial charge in [0.1, 0.15) is 11.7 Å². The van der Waals surface area contributed by atoms with Crippen LogP contribution in [0.25, 0.3) is 5.57 Å². The Morgan fingerprint density at radius 1 is 1.32 bits per heavy atom. The molecule has 1 N–H and O–H groups in total. The lowest BCUT2D eigenvalue weighted by molar-refractivity contribution is -0.110. The number of carbonyl (C=O) groups excluding carboxylic acids is 1. The Morgan fingerprint density at radius 2 is 1.89 bits per heavy atom. The molecule has 0 saturated carbocycles. The van der Waals surface area contributed by atoms with Crippen molar-refractivity contribution in [1.29, 1.82) is 0 Å². The zero-order chi connectivity index (χ0) is 14.4. The third kappa shape index (κ3) is 3.61. The lowest BCUT2D eigenvalue weighted by atomic mass is 10.00. The van der Waals surface area contributed by atoms with Gasteiger partial charge in [-0.05, 0) is 24.1 Å². The number of carbonyl (C=O) groups is 1. The second-order valence-corrected chi connectivity index (χ2v) is 3.96. The van der Waals surface area contributed by atoms with Gasteiger partial charge in [-0.25, -0.2) is 8.78 Å². The standard InChI is InChI=1S/C15H15F2NO/c1-4-14(17)15(10(2)16)13-7-5-12(6-8-13)11(3)18-9-19/h4-9,11H,1-2H2,3H3,(H,18,19)/b15-14-. The summed E-state index contributed by atoms with van der Waals surface area (Å²) >= 11 is 0. The molecule has 1 aromatic rings. The fourth-order valence-electron chi connectivity index (χ4n) is 1.66. The molecule has 1 rings (SSSR count). The van der Waals surface area contributed by atoms with Crippen molar-refractivity contribution in [2.45, 2.75) is 13.0 Å². The Kier molecular flexibility index (Phi) is 5.18. The molecule has 2 nitrogen and oxygen atoms in total. The van der Waals surface area contributed by atoms with E-state index in [0.29, 0.717) is 12.0 Å². The molecule has 1 aromatic carbocycles. The van der Waals surface area contributed by atoms with Crippen LogP contribution in [0.5, 0.6) is 0 Å². The van der Waals surface area contributed by atoms with E-state index in [9.17, 15) is 13.6 Å². The second kappa shape index (κ2) is 6.64. The monoisotopic (exact) mass is 263 g/mol. The minimum atomic E-state index is -0.857. The molecular formula is C15H15F2NO. The first kappa shape index (κ1) is 14.8. The number of allylic oxidation sites excluding steroid dienone is 4. The highest BCUT2D eigenvalue weighted by Gasteiger charge is 2.12. The van der Waals surface area contributed by atoms with Gasteiger partial charge in [0.25, 0.3) is 0 Å². The molecule has 0 aromatic heterocycles. The van der Waals surface area contributed by atoms with Crippen LogP contribution in [-0.4, -0.2) is 6.41 Å². The SMILES string of the molecule is C=C/C(F)=C(\C(=C)F)c1ccc(C(C)NC=O)cc1. The topological polar surface area (TPSA) is 29.1 Å². The summed E-state index contributed by atoms with van der Waals surface area (Å²) in [7, 11) is 0. The van der Waals surface area contributed by atoms with Gasteiger partial charge in [-0.15, -0.1) is 0 Å². The highest BCUT2D eigenvalue weighted by Crippen LogP contribution is 2.28. The van der Waals surface area contributed by atoms with E-state index in [1.165, 1.54) is 0 Å². The van der Waals surface area contributed by atoms with E-state index in [1.54, 1.807) is 31.2 Å². The quantitative estimate of drug-likeness (QED) is 0.613. The lowest BCUT2D eigenvalue weighted by Gasteiger charge is -2.12. The van der Waals surface area contributed by atoms with Crippen LogP contribution in [0.15, 0.2) is 55.2 Å². The van der Waals surface area contributed by atoms with E-state index in [-0.39, 0.29) is 11.6 Å². The van der Waals surface area contributed by atoms with Gasteiger partial charge in [-0.3, -0.25) is 4.79 Å². The van der Waals surface area contributed by atoms with Crippen LogP contribution in [0.4, 0.5) is 8.78 Å². The second-order valence-electron chi connectivity index (χ2n) is 3.96. The highest BCUT2D eigenvalue weighted by atomic mass is 19.1. The highest BCUT2D eigenvalue weighted by molar-refractivity contribution is 5.79. The number of hydrogen-bond donors (Lipinski definition) is 1. The molecule has 0 radical (unpaired) electrons. The minimum Gasteiger partial charge on any atom is -0.352 e. The summed E-state index contributed by atoms with van der Waals surface area (Å²) in [5.41, 5.74) is 0.989. The van der Waals surface area contributed by atoms with Gasteiger partial charge in [0.05, 0.1) is 11.6 Å². The lowest BCUT2D eigenvalue weighted by Crippen LogP contribution is -2.15. The molecule has 0 spiro atoms. The third-order valence-electron chi connectivity index (χ3n) is 2.71. The molecular weight excluding hydrogens is 248 g/mol. The third-order valence-corrected chi connectivity index (χ3v) is 2.71. The fourth-order valence-corrected chi connectivity index (χ4v) is 1.66. The van der Waals surface area contributed by atoms with E-state index in [2.05, 4.69) is 18.5 Å². The predicted molar refractivity (Wildman–Crippen MR) is 72.5 cm³/mol. The van der Waals surface area contributed by atoms with Crippen LogP contribution in [0.3, 0.4) is 0 Å². The summed E-state index contributed by atoms with van der Waals surface area (Å²) in [4.78, 5) is 10.3. The first-order valence-corrected chi connectivity index (χ1v) is 5.68. The number of amides is 1. The summed E-state index contributed by atoms with van der Waals surface area (Å²) in [6.07, 6.45) is 1.54. The van der Waals surface area contributed by atoms with Crippen LogP contribution in [0.2, 0.25) is 0 Å². The van der Waals surface area contributed by atoms with Crippen molar-refractivity contribution in [3.63, 3.8) is 0 Å². The smallest absolute Gasteiger partial charge is 0.207 e. The van der Waals surface area contributed by atoms with Gasteiger partial charge in [0, 0.05) is 0 Å². The molecule has 0 heterocycles. The van der Waals surface area contributed by atoms with Crippen LogP contribution in [0.1, 0.15) is 24.1 Å². The van der Waals surface area contributed by atoms with Crippen molar-refractivity contribution in [3.05, 3.63) is 66.3 Å². The molecule has 4 heteroatoms. The van der Waals surface area contributed by atoms with Crippen LogP contribution < -0.4 is 5.32 Å². The number of hydrogen-bond acceptors (Lipinski definition) is 1. The molecule has 0 aliphatic rings. The van der Waals surface area contributed by atoms with E-state index >= 15 is 0 Å². The molecule has 1 amide bonds. The Labute approximate surface area is 111 Å². The average Bonchev–Trinajstić information content (AvgIpc) is 2.39. The molecule has 1 unspecified atom stereocenters. The van der Waals surface area contributed by atoms with Crippen LogP contribution in [-0.2, 0) is 4.79 Å². The first-order valence-electron chi connectivity index (χ1n) is 5.68. The zero-order valence-corrected chi connectivity index (χ0v) is 10.6. The van der Waals surface area contributed by atoms with Gasteiger partial charge in [0.15, 0.2) is 0 Å². The number of rotatable bonds is 6. The van der Waals surface area contributed by atoms with Crippen molar-refractivity contribution in [1.82, 2.24) is 5.32 Å². The maximum atomic E-state index is 13.5. The summed E-state index contributed by atoms with van der Waals surface area (Å²) in [5, 5.41) is 2.59. The minimum absolute atomic E-state index is 0.170. The van der Waals surface area contributed by atoms with E-state index < -0.39 is 11.7 Å². The molecule has 1 atom stereocenters. The van der Waals surface area contributed by atoms with Gasteiger partial charge in [-0.1, -0.05) is 37.4 Å². The Hall–Kier alpha value is -2.23. The van der Waals surface area contributed by atoms with Gasteiger partial charge < -0.3 is 5.32 Å². The van der Waals surface area contributed by atoms with E-state index in [0.717, 1.165) is 11.6 Å². The Balaban J connectivity index is 3.13. The molecule has 0 aliphatic carbocycles. The van der Waals surface area contributed by atoms with E-state index in [4.69, 9.17) is 0 Å². The van der Waals surface area contributed by atoms with Crippen LogP contribution in [0, 0.1) is 0 Å². The van der Waals surface area contributed by atoms with Gasteiger partial charge >= 0.3 is 0 Å². The molecule has 0 saturated heterocycles.